The van der Waals surface area contributed by atoms with Crippen LogP contribution in [0.25, 0.3) is 0 Å². The molecule has 84 valence electrons. The third-order valence-electron chi connectivity index (χ3n) is 1.88. The summed E-state index contributed by atoms with van der Waals surface area (Å²) in [7, 11) is 0. The molecule has 0 bridgehead atoms. The van der Waals surface area contributed by atoms with E-state index in [0.717, 1.165) is 17.2 Å². The predicted octanol–water partition coefficient (Wildman–Crippen LogP) is 2.50. The third kappa shape index (κ3) is 4.53. The largest absolute Gasteiger partial charge is 0.398 e. The minimum Gasteiger partial charge on any atom is -0.398 e. The highest BCUT2D eigenvalue weighted by atomic mass is 32.2. The summed E-state index contributed by atoms with van der Waals surface area (Å²) in [5, 5.41) is 3.31. The molecule has 0 fully saturated rings. The van der Waals surface area contributed by atoms with Crippen LogP contribution in [-0.4, -0.2) is 18.3 Å². The molecule has 0 heterocycles. The molecule has 3 N–H and O–H groups in total. The van der Waals surface area contributed by atoms with Crippen molar-refractivity contribution in [1.29, 1.82) is 0 Å². The van der Waals surface area contributed by atoms with Crippen LogP contribution in [-0.2, 0) is 0 Å². The van der Waals surface area contributed by atoms with Gasteiger partial charge in [-0.1, -0.05) is 13.8 Å². The molecular formula is C11H17FN2S. The molecule has 0 aliphatic rings. The molecule has 0 aliphatic heterocycles. The summed E-state index contributed by atoms with van der Waals surface area (Å²) in [6, 6.07) is 5.02. The van der Waals surface area contributed by atoms with Gasteiger partial charge < -0.3 is 11.1 Å². The molecule has 0 aromatic heterocycles. The number of nitrogens with one attached hydrogen (secondary N) is 1. The quantitative estimate of drug-likeness (QED) is 0.462. The molecule has 0 radical (unpaired) electrons. The molecule has 4 heteroatoms. The number of halogens is 1. The van der Waals surface area contributed by atoms with Gasteiger partial charge in [0.2, 0.25) is 0 Å². The third-order valence-corrected chi connectivity index (χ3v) is 2.98. The van der Waals surface area contributed by atoms with Gasteiger partial charge in [0.05, 0.1) is 0 Å². The maximum atomic E-state index is 12.7. The van der Waals surface area contributed by atoms with Crippen molar-refractivity contribution >= 4 is 17.4 Å². The number of nitrogen functional groups attached to an aromatic ring is 1. The van der Waals surface area contributed by atoms with E-state index in [2.05, 4.69) is 19.2 Å². The molecule has 1 aromatic rings. The Morgan fingerprint density at radius 1 is 1.47 bits per heavy atom. The van der Waals surface area contributed by atoms with E-state index >= 15 is 0 Å². The van der Waals surface area contributed by atoms with E-state index in [4.69, 9.17) is 5.73 Å². The van der Waals surface area contributed by atoms with E-state index in [1.54, 1.807) is 17.8 Å². The van der Waals surface area contributed by atoms with Crippen molar-refractivity contribution in [3.05, 3.63) is 24.0 Å². The maximum absolute atomic E-state index is 12.7. The Morgan fingerprint density at radius 2 is 2.20 bits per heavy atom. The van der Waals surface area contributed by atoms with E-state index < -0.39 is 0 Å². The maximum Gasteiger partial charge on any atom is 0.125 e. The highest BCUT2D eigenvalue weighted by molar-refractivity contribution is 7.99. The Kier molecular flexibility index (Phi) is 4.91. The number of anilines is 1. The molecule has 1 aromatic carbocycles. The highest BCUT2D eigenvalue weighted by Gasteiger charge is 2.01. The molecule has 0 unspecified atom stereocenters. The number of benzene rings is 1. The van der Waals surface area contributed by atoms with Gasteiger partial charge in [0.1, 0.15) is 5.82 Å². The first-order chi connectivity index (χ1) is 7.09. The van der Waals surface area contributed by atoms with Crippen LogP contribution in [0, 0.1) is 5.82 Å². The molecule has 15 heavy (non-hydrogen) atoms. The molecule has 0 aliphatic carbocycles. The summed E-state index contributed by atoms with van der Waals surface area (Å²) in [4.78, 5) is 0.946. The van der Waals surface area contributed by atoms with Crippen LogP contribution in [0.1, 0.15) is 13.8 Å². The molecule has 2 nitrogen and oxygen atoms in total. The minimum atomic E-state index is -0.280. The molecule has 1 rings (SSSR count). The molecule has 0 amide bonds. The lowest BCUT2D eigenvalue weighted by molar-refractivity contribution is 0.616. The monoisotopic (exact) mass is 228 g/mol. The fourth-order valence-corrected chi connectivity index (χ4v) is 1.99. The fraction of sp³-hybridized carbons (Fsp3) is 0.455. The van der Waals surface area contributed by atoms with Crippen LogP contribution in [0.3, 0.4) is 0 Å². The summed E-state index contributed by atoms with van der Waals surface area (Å²) >= 11 is 1.64. The first-order valence-corrected chi connectivity index (χ1v) is 5.99. The summed E-state index contributed by atoms with van der Waals surface area (Å²) in [6.45, 7) is 5.15. The Morgan fingerprint density at radius 3 is 2.80 bits per heavy atom. The lowest BCUT2D eigenvalue weighted by Crippen LogP contribution is -2.24. The van der Waals surface area contributed by atoms with Gasteiger partial charge in [-0.15, -0.1) is 11.8 Å². The molecule has 0 saturated heterocycles. The van der Waals surface area contributed by atoms with Gasteiger partial charge in [-0.05, 0) is 18.2 Å². The van der Waals surface area contributed by atoms with Crippen LogP contribution in [0.2, 0.25) is 0 Å². The molecule has 0 saturated carbocycles. The molecule has 0 spiro atoms. The predicted molar refractivity (Wildman–Crippen MR) is 64.7 cm³/mol. The van der Waals surface area contributed by atoms with Crippen LogP contribution >= 0.6 is 11.8 Å². The summed E-state index contributed by atoms with van der Waals surface area (Å²) < 4.78 is 12.7. The van der Waals surface area contributed by atoms with Gasteiger partial charge in [0.15, 0.2) is 0 Å². The lowest BCUT2D eigenvalue weighted by Gasteiger charge is -2.08. The second-order valence-electron chi connectivity index (χ2n) is 3.64. The Bertz CT molecular complexity index is 315. The first kappa shape index (κ1) is 12.3. The van der Waals surface area contributed by atoms with E-state index in [-0.39, 0.29) is 5.82 Å². The Hall–Kier alpha value is -0.740. The van der Waals surface area contributed by atoms with E-state index in [1.165, 1.54) is 12.1 Å². The number of hydrogen-bond acceptors (Lipinski definition) is 3. The minimum absolute atomic E-state index is 0.280. The normalized spacial score (nSPS) is 10.9. The fourth-order valence-electron chi connectivity index (χ4n) is 1.16. The zero-order valence-electron chi connectivity index (χ0n) is 9.09. The van der Waals surface area contributed by atoms with Crippen molar-refractivity contribution in [3.8, 4) is 0 Å². The zero-order chi connectivity index (χ0) is 11.3. The summed E-state index contributed by atoms with van der Waals surface area (Å²) in [5.41, 5.74) is 6.20. The molecular weight excluding hydrogens is 211 g/mol. The Labute approximate surface area is 94.4 Å². The summed E-state index contributed by atoms with van der Waals surface area (Å²) in [5.74, 6) is 0.658. The van der Waals surface area contributed by atoms with E-state index in [0.29, 0.717) is 11.7 Å². The molecule has 0 atom stereocenters. The average Bonchev–Trinajstić information content (AvgIpc) is 2.14. The van der Waals surface area contributed by atoms with Gasteiger partial charge in [-0.2, -0.15) is 0 Å². The number of rotatable bonds is 5. The standard InChI is InChI=1S/C11H17FN2S/c1-8(2)14-5-6-15-11-4-3-9(12)7-10(11)13/h3-4,7-8,14H,5-6,13H2,1-2H3. The average molecular weight is 228 g/mol. The lowest BCUT2D eigenvalue weighted by atomic mass is 10.3. The number of thioether (sulfide) groups is 1. The topological polar surface area (TPSA) is 38.0 Å². The van der Waals surface area contributed by atoms with Crippen LogP contribution in [0.5, 0.6) is 0 Å². The zero-order valence-corrected chi connectivity index (χ0v) is 9.90. The van der Waals surface area contributed by atoms with Crippen molar-refractivity contribution in [1.82, 2.24) is 5.32 Å². The van der Waals surface area contributed by atoms with Crippen molar-refractivity contribution in [2.24, 2.45) is 0 Å². The van der Waals surface area contributed by atoms with E-state index in [1.807, 2.05) is 0 Å². The smallest absolute Gasteiger partial charge is 0.125 e. The SMILES string of the molecule is CC(C)NCCSc1ccc(F)cc1N. The van der Waals surface area contributed by atoms with Crippen molar-refractivity contribution in [3.63, 3.8) is 0 Å². The van der Waals surface area contributed by atoms with Crippen molar-refractivity contribution < 1.29 is 4.39 Å². The van der Waals surface area contributed by atoms with Crippen LogP contribution in [0.4, 0.5) is 10.1 Å². The second kappa shape index (κ2) is 5.98. The van der Waals surface area contributed by atoms with E-state index in [9.17, 15) is 4.39 Å². The Balaban J connectivity index is 2.37. The van der Waals surface area contributed by atoms with Crippen LogP contribution < -0.4 is 11.1 Å². The highest BCUT2D eigenvalue weighted by Crippen LogP contribution is 2.24. The van der Waals surface area contributed by atoms with Gasteiger partial charge in [-0.25, -0.2) is 4.39 Å². The number of hydrogen-bond donors (Lipinski definition) is 2. The van der Waals surface area contributed by atoms with Gasteiger partial charge in [0, 0.05) is 28.9 Å². The van der Waals surface area contributed by atoms with Crippen LogP contribution in [0.15, 0.2) is 23.1 Å². The summed E-state index contributed by atoms with van der Waals surface area (Å²) in [6.07, 6.45) is 0. The first-order valence-electron chi connectivity index (χ1n) is 5.01. The van der Waals surface area contributed by atoms with Gasteiger partial charge in [-0.3, -0.25) is 0 Å². The van der Waals surface area contributed by atoms with Crippen molar-refractivity contribution in [2.75, 3.05) is 18.0 Å². The van der Waals surface area contributed by atoms with Crippen molar-refractivity contribution in [2.45, 2.75) is 24.8 Å². The van der Waals surface area contributed by atoms with Gasteiger partial charge in [0.25, 0.3) is 0 Å². The second-order valence-corrected chi connectivity index (χ2v) is 4.78. The van der Waals surface area contributed by atoms with Gasteiger partial charge >= 0.3 is 0 Å². The number of nitrogens with two attached hydrogens (primary N) is 1.